The van der Waals surface area contributed by atoms with Crippen molar-refractivity contribution in [2.45, 2.75) is 57.2 Å². The second kappa shape index (κ2) is 8.67. The Balaban J connectivity index is 0.00000240. The van der Waals surface area contributed by atoms with Crippen LogP contribution in [0, 0.1) is 5.82 Å². The lowest BCUT2D eigenvalue weighted by Gasteiger charge is -2.36. The molecule has 5 nitrogen and oxygen atoms in total. The van der Waals surface area contributed by atoms with Gasteiger partial charge >= 0.3 is 0 Å². The van der Waals surface area contributed by atoms with E-state index in [2.05, 4.69) is 15.6 Å². The SMILES string of the molecule is CCOc1ccc(F)c(-c2ccnc([C@H]3CC[C@]4(CC[C@H](C)NC4=O)N3)c2)c1.Cl. The highest BCUT2D eigenvalue weighted by molar-refractivity contribution is 5.87. The number of amides is 1. The van der Waals surface area contributed by atoms with Crippen molar-refractivity contribution in [1.82, 2.24) is 15.6 Å². The molecule has 1 amide bonds. The Kier molecular flexibility index (Phi) is 6.44. The van der Waals surface area contributed by atoms with Crippen LogP contribution in [0.2, 0.25) is 0 Å². The number of benzene rings is 1. The third-order valence-corrected chi connectivity index (χ3v) is 5.82. The predicted molar refractivity (Wildman–Crippen MR) is 113 cm³/mol. The second-order valence-corrected chi connectivity index (χ2v) is 7.77. The molecule has 0 unspecified atom stereocenters. The number of nitrogens with zero attached hydrogens (tertiary/aromatic N) is 1. The molecule has 0 saturated carbocycles. The van der Waals surface area contributed by atoms with Gasteiger partial charge in [0.05, 0.1) is 23.9 Å². The number of piperidine rings is 1. The molecule has 3 atom stereocenters. The van der Waals surface area contributed by atoms with Crippen LogP contribution in [0.3, 0.4) is 0 Å². The second-order valence-electron chi connectivity index (χ2n) is 7.77. The monoisotopic (exact) mass is 419 g/mol. The third kappa shape index (κ3) is 4.23. The predicted octanol–water partition coefficient (Wildman–Crippen LogP) is 4.17. The van der Waals surface area contributed by atoms with E-state index in [-0.39, 0.29) is 36.2 Å². The van der Waals surface area contributed by atoms with Crippen molar-refractivity contribution in [3.05, 3.63) is 48.0 Å². The molecule has 2 aromatic rings. The van der Waals surface area contributed by atoms with Crippen molar-refractivity contribution >= 4 is 18.3 Å². The van der Waals surface area contributed by atoms with E-state index >= 15 is 0 Å². The van der Waals surface area contributed by atoms with Crippen molar-refractivity contribution in [2.75, 3.05) is 6.61 Å². The van der Waals surface area contributed by atoms with E-state index in [0.29, 0.717) is 17.9 Å². The highest BCUT2D eigenvalue weighted by Gasteiger charge is 2.47. The van der Waals surface area contributed by atoms with Gasteiger partial charge < -0.3 is 10.1 Å². The van der Waals surface area contributed by atoms with Crippen molar-refractivity contribution in [1.29, 1.82) is 0 Å². The molecule has 1 aromatic carbocycles. The largest absolute Gasteiger partial charge is 0.494 e. The summed E-state index contributed by atoms with van der Waals surface area (Å²) < 4.78 is 19.9. The molecule has 0 bridgehead atoms. The average Bonchev–Trinajstić information content (AvgIpc) is 3.13. The highest BCUT2D eigenvalue weighted by Crippen LogP contribution is 2.38. The normalized spacial score (nSPS) is 26.1. The quantitative estimate of drug-likeness (QED) is 0.780. The molecule has 2 N–H and O–H groups in total. The Bertz CT molecular complexity index is 894. The van der Waals surface area contributed by atoms with Gasteiger partial charge in [0.2, 0.25) is 5.91 Å². The molecule has 1 aromatic heterocycles. The molecule has 156 valence electrons. The maximum atomic E-state index is 14.4. The molecule has 2 saturated heterocycles. The number of ether oxygens (including phenoxy) is 1. The van der Waals surface area contributed by atoms with E-state index in [1.54, 1.807) is 24.4 Å². The van der Waals surface area contributed by atoms with Crippen LogP contribution in [0.15, 0.2) is 36.5 Å². The lowest BCUT2D eigenvalue weighted by molar-refractivity contribution is -0.130. The van der Waals surface area contributed by atoms with Gasteiger partial charge in [0.15, 0.2) is 0 Å². The van der Waals surface area contributed by atoms with Crippen molar-refractivity contribution < 1.29 is 13.9 Å². The van der Waals surface area contributed by atoms with E-state index in [1.165, 1.54) is 6.07 Å². The van der Waals surface area contributed by atoms with Gasteiger partial charge in [0.1, 0.15) is 11.6 Å². The Morgan fingerprint density at radius 3 is 2.79 bits per heavy atom. The molecule has 1 spiro atoms. The van der Waals surface area contributed by atoms with E-state index in [4.69, 9.17) is 4.74 Å². The van der Waals surface area contributed by atoms with Crippen LogP contribution in [0.25, 0.3) is 11.1 Å². The van der Waals surface area contributed by atoms with Gasteiger partial charge in [-0.3, -0.25) is 15.1 Å². The number of carbonyl (C=O) groups is 1. The minimum absolute atomic E-state index is 0. The molecule has 2 aliphatic heterocycles. The summed E-state index contributed by atoms with van der Waals surface area (Å²) in [5, 5.41) is 6.59. The van der Waals surface area contributed by atoms with Gasteiger partial charge in [-0.25, -0.2) is 4.39 Å². The molecular weight excluding hydrogens is 393 g/mol. The maximum absolute atomic E-state index is 14.4. The zero-order valence-corrected chi connectivity index (χ0v) is 17.5. The number of pyridine rings is 1. The van der Waals surface area contributed by atoms with Crippen LogP contribution in [-0.4, -0.2) is 29.1 Å². The van der Waals surface area contributed by atoms with E-state index in [0.717, 1.165) is 36.9 Å². The van der Waals surface area contributed by atoms with Gasteiger partial charge in [0.25, 0.3) is 0 Å². The molecule has 29 heavy (non-hydrogen) atoms. The summed E-state index contributed by atoms with van der Waals surface area (Å²) in [4.78, 5) is 17.1. The number of hydrogen-bond donors (Lipinski definition) is 2. The minimum Gasteiger partial charge on any atom is -0.494 e. The molecule has 0 radical (unpaired) electrons. The van der Waals surface area contributed by atoms with Crippen molar-refractivity contribution in [3.63, 3.8) is 0 Å². The van der Waals surface area contributed by atoms with Gasteiger partial charge in [-0.1, -0.05) is 0 Å². The molecule has 3 heterocycles. The van der Waals surface area contributed by atoms with Crippen LogP contribution in [0.5, 0.6) is 5.75 Å². The van der Waals surface area contributed by atoms with Crippen LogP contribution in [0.4, 0.5) is 4.39 Å². The average molecular weight is 420 g/mol. The summed E-state index contributed by atoms with van der Waals surface area (Å²) in [7, 11) is 0. The van der Waals surface area contributed by atoms with Gasteiger partial charge in [-0.15, -0.1) is 12.4 Å². The number of nitrogens with one attached hydrogen (secondary N) is 2. The standard InChI is InChI=1S/C22H26FN3O2.ClH/c1-3-28-16-4-5-18(23)17(13-16)15-8-11-24-20(12-15)19-7-10-22(26-19)9-6-14(2)25-21(22)27;/h4-5,8,11-14,19,26H,3,6-7,9-10H2,1-2H3,(H,25,27);1H/t14-,19+,22-;/m0./s1. The van der Waals surface area contributed by atoms with E-state index in [9.17, 15) is 9.18 Å². The summed E-state index contributed by atoms with van der Waals surface area (Å²) in [5.41, 5.74) is 1.58. The molecular formula is C22H27ClFN3O2. The fraction of sp³-hybridized carbons (Fsp3) is 0.455. The molecule has 2 aliphatic rings. The smallest absolute Gasteiger partial charge is 0.240 e. The highest BCUT2D eigenvalue weighted by atomic mass is 35.5. The number of hydrogen-bond acceptors (Lipinski definition) is 4. The molecule has 2 fully saturated rings. The zero-order chi connectivity index (χ0) is 19.7. The fourth-order valence-electron chi connectivity index (χ4n) is 4.27. The number of halogens is 2. The Labute approximate surface area is 176 Å². The maximum Gasteiger partial charge on any atom is 0.240 e. The minimum atomic E-state index is -0.505. The van der Waals surface area contributed by atoms with Gasteiger partial charge in [-0.05, 0) is 75.4 Å². The van der Waals surface area contributed by atoms with E-state index in [1.807, 2.05) is 19.9 Å². The topological polar surface area (TPSA) is 63.2 Å². The summed E-state index contributed by atoms with van der Waals surface area (Å²) in [5.74, 6) is 0.431. The summed E-state index contributed by atoms with van der Waals surface area (Å²) in [6.45, 7) is 4.46. The van der Waals surface area contributed by atoms with Crippen LogP contribution < -0.4 is 15.4 Å². The lowest BCUT2D eigenvalue weighted by Crippen LogP contribution is -2.59. The Hall–Kier alpha value is -2.18. The van der Waals surface area contributed by atoms with Gasteiger partial charge in [-0.2, -0.15) is 0 Å². The van der Waals surface area contributed by atoms with E-state index < -0.39 is 5.54 Å². The number of carbonyl (C=O) groups excluding carboxylic acids is 1. The zero-order valence-electron chi connectivity index (χ0n) is 16.7. The first-order chi connectivity index (χ1) is 13.5. The van der Waals surface area contributed by atoms with Crippen molar-refractivity contribution in [2.24, 2.45) is 0 Å². The molecule has 4 rings (SSSR count). The first kappa shape index (κ1) is 21.5. The summed E-state index contributed by atoms with van der Waals surface area (Å²) in [6, 6.07) is 8.70. The third-order valence-electron chi connectivity index (χ3n) is 5.82. The molecule has 7 heteroatoms. The van der Waals surface area contributed by atoms with Crippen LogP contribution >= 0.6 is 12.4 Å². The first-order valence-corrected chi connectivity index (χ1v) is 9.98. The van der Waals surface area contributed by atoms with Crippen LogP contribution in [-0.2, 0) is 4.79 Å². The number of aromatic nitrogens is 1. The Morgan fingerprint density at radius 2 is 2.03 bits per heavy atom. The number of rotatable bonds is 4. The summed E-state index contributed by atoms with van der Waals surface area (Å²) >= 11 is 0. The fourth-order valence-corrected chi connectivity index (χ4v) is 4.27. The lowest BCUT2D eigenvalue weighted by atomic mass is 9.85. The molecule has 0 aliphatic carbocycles. The van der Waals surface area contributed by atoms with Crippen LogP contribution in [0.1, 0.15) is 51.3 Å². The first-order valence-electron chi connectivity index (χ1n) is 9.98. The van der Waals surface area contributed by atoms with Gasteiger partial charge in [0, 0.05) is 17.8 Å². The van der Waals surface area contributed by atoms with Crippen molar-refractivity contribution in [3.8, 4) is 16.9 Å². The summed E-state index contributed by atoms with van der Waals surface area (Å²) in [6.07, 6.45) is 5.12. The Morgan fingerprint density at radius 1 is 1.24 bits per heavy atom.